The minimum Gasteiger partial charge on any atom is -0.379 e. The first-order valence-corrected chi connectivity index (χ1v) is 6.21. The lowest BCUT2D eigenvalue weighted by Crippen LogP contribution is -2.38. The van der Waals surface area contributed by atoms with Crippen LogP contribution in [0.4, 0.5) is 0 Å². The second-order valence-corrected chi connectivity index (χ2v) is 5.43. The zero-order chi connectivity index (χ0) is 11.4. The van der Waals surface area contributed by atoms with Gasteiger partial charge in [-0.15, -0.1) is 0 Å². The van der Waals surface area contributed by atoms with Gasteiger partial charge in [-0.05, 0) is 36.5 Å². The summed E-state index contributed by atoms with van der Waals surface area (Å²) >= 11 is 0. The fraction of sp³-hybridized carbons (Fsp3) is 1.00. The number of hydrogen-bond acceptors (Lipinski definition) is 1. The summed E-state index contributed by atoms with van der Waals surface area (Å²) in [6.45, 7) is 6.74. The largest absolute Gasteiger partial charge is 0.379 e. The number of methoxy groups -OCH3 is 1. The van der Waals surface area contributed by atoms with Gasteiger partial charge in [-0.1, -0.05) is 27.2 Å². The molecular formula is C13H25O2. The Morgan fingerprint density at radius 2 is 1.93 bits per heavy atom. The van der Waals surface area contributed by atoms with Gasteiger partial charge >= 0.3 is 0 Å². The minimum atomic E-state index is -0.0862. The minimum absolute atomic E-state index is 0.0693. The van der Waals surface area contributed by atoms with Crippen molar-refractivity contribution >= 4 is 0 Å². The smallest absolute Gasteiger partial charge is 0.109 e. The SMILES string of the molecule is COC(C[O])C1CC(C)CCC1C(C)C. The van der Waals surface area contributed by atoms with Crippen molar-refractivity contribution in [3.8, 4) is 0 Å². The van der Waals surface area contributed by atoms with Gasteiger partial charge in [0.2, 0.25) is 0 Å². The Morgan fingerprint density at radius 3 is 2.40 bits per heavy atom. The molecule has 1 radical (unpaired) electrons. The molecule has 0 aromatic rings. The fourth-order valence-electron chi connectivity index (χ4n) is 3.07. The molecule has 1 aliphatic carbocycles. The molecule has 0 aromatic heterocycles. The predicted molar refractivity (Wildman–Crippen MR) is 61.2 cm³/mol. The van der Waals surface area contributed by atoms with Crippen molar-refractivity contribution < 1.29 is 9.84 Å². The van der Waals surface area contributed by atoms with E-state index in [-0.39, 0.29) is 12.7 Å². The summed E-state index contributed by atoms with van der Waals surface area (Å²) < 4.78 is 5.36. The van der Waals surface area contributed by atoms with Gasteiger partial charge in [-0.25, -0.2) is 5.11 Å². The van der Waals surface area contributed by atoms with Crippen LogP contribution in [-0.4, -0.2) is 19.8 Å². The van der Waals surface area contributed by atoms with E-state index in [4.69, 9.17) is 4.74 Å². The summed E-state index contributed by atoms with van der Waals surface area (Å²) in [5.41, 5.74) is 0. The van der Waals surface area contributed by atoms with Gasteiger partial charge in [-0.2, -0.15) is 0 Å². The van der Waals surface area contributed by atoms with E-state index in [0.29, 0.717) is 17.8 Å². The third kappa shape index (κ3) is 3.18. The monoisotopic (exact) mass is 213 g/mol. The van der Waals surface area contributed by atoms with Gasteiger partial charge in [0.25, 0.3) is 0 Å². The molecule has 1 aliphatic rings. The number of hydrogen-bond donors (Lipinski definition) is 0. The molecule has 15 heavy (non-hydrogen) atoms. The summed E-state index contributed by atoms with van der Waals surface area (Å²) in [5, 5.41) is 11.1. The topological polar surface area (TPSA) is 29.1 Å². The second-order valence-electron chi connectivity index (χ2n) is 5.43. The Balaban J connectivity index is 2.68. The molecule has 1 saturated carbocycles. The lowest BCUT2D eigenvalue weighted by atomic mass is 9.68. The van der Waals surface area contributed by atoms with Crippen LogP contribution in [0.25, 0.3) is 0 Å². The maximum Gasteiger partial charge on any atom is 0.109 e. The van der Waals surface area contributed by atoms with Gasteiger partial charge in [-0.3, -0.25) is 0 Å². The molecule has 0 spiro atoms. The summed E-state index contributed by atoms with van der Waals surface area (Å²) in [4.78, 5) is 0. The molecule has 0 bridgehead atoms. The molecule has 0 aromatic carbocycles. The molecule has 2 nitrogen and oxygen atoms in total. The van der Waals surface area contributed by atoms with Gasteiger partial charge in [0.1, 0.15) is 6.61 Å². The van der Waals surface area contributed by atoms with Crippen LogP contribution >= 0.6 is 0 Å². The van der Waals surface area contributed by atoms with Crippen LogP contribution in [-0.2, 0) is 9.84 Å². The van der Waals surface area contributed by atoms with Crippen molar-refractivity contribution in [2.24, 2.45) is 23.7 Å². The molecule has 4 atom stereocenters. The van der Waals surface area contributed by atoms with Crippen LogP contribution in [0.3, 0.4) is 0 Å². The van der Waals surface area contributed by atoms with Crippen LogP contribution in [0.2, 0.25) is 0 Å². The van der Waals surface area contributed by atoms with Crippen molar-refractivity contribution in [3.05, 3.63) is 0 Å². The summed E-state index contributed by atoms with van der Waals surface area (Å²) in [6, 6.07) is 0. The lowest BCUT2D eigenvalue weighted by Gasteiger charge is -2.40. The molecule has 0 amide bonds. The third-order valence-electron chi connectivity index (χ3n) is 4.02. The highest BCUT2D eigenvalue weighted by Gasteiger charge is 2.35. The Hall–Kier alpha value is -0.0800. The second kappa shape index (κ2) is 5.86. The average molecular weight is 213 g/mol. The van der Waals surface area contributed by atoms with Crippen molar-refractivity contribution in [1.82, 2.24) is 0 Å². The maximum atomic E-state index is 11.1. The first-order valence-electron chi connectivity index (χ1n) is 6.21. The number of ether oxygens (including phenoxy) is 1. The summed E-state index contributed by atoms with van der Waals surface area (Å²) in [7, 11) is 1.68. The maximum absolute atomic E-state index is 11.1. The van der Waals surface area contributed by atoms with E-state index in [1.165, 1.54) is 19.3 Å². The molecule has 1 rings (SSSR count). The highest BCUT2D eigenvalue weighted by atomic mass is 16.5. The quantitative estimate of drug-likeness (QED) is 0.705. The zero-order valence-electron chi connectivity index (χ0n) is 10.5. The summed E-state index contributed by atoms with van der Waals surface area (Å²) in [5.74, 6) is 2.59. The Kier molecular flexibility index (Phi) is 5.07. The Labute approximate surface area is 94.0 Å². The van der Waals surface area contributed by atoms with Crippen LogP contribution in [0.1, 0.15) is 40.0 Å². The molecule has 0 aliphatic heterocycles. The van der Waals surface area contributed by atoms with Crippen molar-refractivity contribution in [2.45, 2.75) is 46.1 Å². The van der Waals surface area contributed by atoms with E-state index < -0.39 is 0 Å². The summed E-state index contributed by atoms with van der Waals surface area (Å²) in [6.07, 6.45) is 3.68. The first kappa shape index (κ1) is 13.0. The molecule has 2 heteroatoms. The van der Waals surface area contributed by atoms with E-state index in [1.807, 2.05) is 0 Å². The van der Waals surface area contributed by atoms with E-state index in [0.717, 1.165) is 5.92 Å². The highest BCUT2D eigenvalue weighted by Crippen LogP contribution is 2.40. The van der Waals surface area contributed by atoms with Gasteiger partial charge in [0.05, 0.1) is 6.10 Å². The fourth-order valence-corrected chi connectivity index (χ4v) is 3.07. The molecule has 4 unspecified atom stereocenters. The van der Waals surface area contributed by atoms with Gasteiger partial charge < -0.3 is 4.74 Å². The van der Waals surface area contributed by atoms with E-state index >= 15 is 0 Å². The van der Waals surface area contributed by atoms with Crippen LogP contribution in [0.15, 0.2) is 0 Å². The van der Waals surface area contributed by atoms with Crippen molar-refractivity contribution in [1.29, 1.82) is 0 Å². The van der Waals surface area contributed by atoms with Crippen LogP contribution in [0.5, 0.6) is 0 Å². The molecule has 0 N–H and O–H groups in total. The van der Waals surface area contributed by atoms with Crippen molar-refractivity contribution in [3.63, 3.8) is 0 Å². The molecule has 89 valence electrons. The number of rotatable bonds is 4. The highest BCUT2D eigenvalue weighted by molar-refractivity contribution is 4.85. The molecular weight excluding hydrogens is 188 g/mol. The lowest BCUT2D eigenvalue weighted by molar-refractivity contribution is -0.0572. The van der Waals surface area contributed by atoms with Gasteiger partial charge in [0.15, 0.2) is 0 Å². The van der Waals surface area contributed by atoms with E-state index in [2.05, 4.69) is 20.8 Å². The third-order valence-corrected chi connectivity index (χ3v) is 4.02. The molecule has 0 heterocycles. The standard InChI is InChI=1S/C13H25O2/c1-9(2)11-6-5-10(3)7-12(11)13(8-14)15-4/h9-13H,5-8H2,1-4H3. The normalized spacial score (nSPS) is 34.4. The van der Waals surface area contributed by atoms with Crippen molar-refractivity contribution in [2.75, 3.05) is 13.7 Å². The van der Waals surface area contributed by atoms with Crippen LogP contribution in [0, 0.1) is 23.7 Å². The van der Waals surface area contributed by atoms with E-state index in [9.17, 15) is 5.11 Å². The predicted octanol–water partition coefficient (Wildman–Crippen LogP) is 3.14. The molecule has 1 fully saturated rings. The first-order chi connectivity index (χ1) is 7.10. The average Bonchev–Trinajstić information content (AvgIpc) is 2.19. The van der Waals surface area contributed by atoms with Crippen LogP contribution < -0.4 is 0 Å². The van der Waals surface area contributed by atoms with E-state index in [1.54, 1.807) is 7.11 Å². The Bertz CT molecular complexity index is 175. The zero-order valence-corrected chi connectivity index (χ0v) is 10.5. The molecule has 0 saturated heterocycles. The van der Waals surface area contributed by atoms with Gasteiger partial charge in [0, 0.05) is 7.11 Å². The Morgan fingerprint density at radius 1 is 1.27 bits per heavy atom.